The number of aliphatic hydroxyl groups excluding tert-OH is 3. The van der Waals surface area contributed by atoms with E-state index in [2.05, 4.69) is 19.5 Å². The van der Waals surface area contributed by atoms with Gasteiger partial charge in [0.1, 0.15) is 30.5 Å². The van der Waals surface area contributed by atoms with Gasteiger partial charge in [-0.05, 0) is 0 Å². The Balaban J connectivity index is 0.00000675. The number of rotatable bonds is 11. The van der Waals surface area contributed by atoms with Crippen molar-refractivity contribution in [2.24, 2.45) is 0 Å². The van der Waals surface area contributed by atoms with E-state index in [-0.39, 0.29) is 18.5 Å². The molecule has 46 heavy (non-hydrogen) atoms. The van der Waals surface area contributed by atoms with E-state index in [0.717, 1.165) is 26.1 Å². The first-order valence-corrected chi connectivity index (χ1v) is 14.9. The highest BCUT2D eigenvalue weighted by atomic mass is 31.3. The zero-order valence-electron chi connectivity index (χ0n) is 24.1. The van der Waals surface area contributed by atoms with Crippen LogP contribution in [0.3, 0.4) is 0 Å². The summed E-state index contributed by atoms with van der Waals surface area (Å²) in [7, 11) is -11.4. The van der Waals surface area contributed by atoms with Gasteiger partial charge in [0.05, 0.1) is 12.6 Å². The van der Waals surface area contributed by atoms with Crippen LogP contribution in [0.15, 0.2) is 21.9 Å². The maximum atomic E-state index is 12.7. The number of hydrogen-bond donors (Lipinski definition) is 12. The summed E-state index contributed by atoms with van der Waals surface area (Å²) in [6.45, 7) is 0.840. The number of phosphoric acid groups is 2. The zero-order chi connectivity index (χ0) is 32.4. The Kier molecular flexibility index (Phi) is 15.7. The molecule has 25 nitrogen and oxygen atoms in total. The van der Waals surface area contributed by atoms with Gasteiger partial charge >= 0.3 is 27.3 Å². The molecule has 2 aliphatic rings. The molecule has 0 aromatic carbocycles. The number of aliphatic carboxylic acids is 1. The topological polar surface area (TPSA) is 437 Å². The summed E-state index contributed by atoms with van der Waals surface area (Å²) in [6, 6.07) is -2.51. The molecular weight excluding hydrogens is 676 g/mol. The number of H-pyrrole nitrogens is 1. The fraction of sp³-hybridized carbons (Fsp3) is 0.632. The lowest BCUT2D eigenvalue weighted by Gasteiger charge is -2.43. The monoisotopic (exact) mass is 713 g/mol. The maximum Gasteiger partial charge on any atom is 0.483 e. The molecule has 18 N–H and O–H groups in total. The second-order valence-electron chi connectivity index (χ2n) is 9.19. The average Bonchev–Trinajstić information content (AvgIpc) is 3.13. The van der Waals surface area contributed by atoms with Gasteiger partial charge in [0.25, 0.3) is 5.56 Å². The van der Waals surface area contributed by atoms with E-state index in [0.29, 0.717) is 4.57 Å². The van der Waals surface area contributed by atoms with Crippen LogP contribution in [0.2, 0.25) is 0 Å². The molecule has 0 spiro atoms. The smallest absolute Gasteiger partial charge is 0.479 e. The van der Waals surface area contributed by atoms with Gasteiger partial charge in [-0.25, -0.2) is 18.7 Å². The molecule has 3 rings (SSSR count). The first kappa shape index (κ1) is 43.0. The van der Waals surface area contributed by atoms with E-state index in [4.69, 9.17) is 14.0 Å². The minimum atomic E-state index is -5.79. The van der Waals surface area contributed by atoms with Crippen LogP contribution >= 0.6 is 15.6 Å². The van der Waals surface area contributed by atoms with Crippen molar-refractivity contribution < 1.29 is 76.6 Å². The summed E-state index contributed by atoms with van der Waals surface area (Å²) < 4.78 is 49.5. The molecule has 2 saturated heterocycles. The van der Waals surface area contributed by atoms with E-state index in [1.165, 1.54) is 0 Å². The molecule has 2 fully saturated rings. The minimum absolute atomic E-state index is 0. The van der Waals surface area contributed by atoms with Gasteiger partial charge in [0, 0.05) is 26.1 Å². The summed E-state index contributed by atoms with van der Waals surface area (Å²) in [5.41, 5.74) is -1.80. The average molecular weight is 713 g/mol. The first-order valence-electron chi connectivity index (χ1n) is 12.0. The zero-order valence-corrected chi connectivity index (χ0v) is 25.9. The van der Waals surface area contributed by atoms with E-state index in [1.807, 2.05) is 4.98 Å². The summed E-state index contributed by atoms with van der Waals surface area (Å²) in [5, 5.41) is 44.5. The third kappa shape index (κ3) is 10.5. The number of carboxylic acids is 1. The lowest BCUT2D eigenvalue weighted by atomic mass is 9.93. The van der Waals surface area contributed by atoms with Gasteiger partial charge in [0.15, 0.2) is 18.6 Å². The van der Waals surface area contributed by atoms with Crippen LogP contribution in [0.1, 0.15) is 20.1 Å². The first-order chi connectivity index (χ1) is 19.8. The molecule has 3 heterocycles. The predicted molar refractivity (Wildman–Crippen MR) is 148 cm³/mol. The van der Waals surface area contributed by atoms with Gasteiger partial charge in [-0.15, -0.1) is 0 Å². The summed E-state index contributed by atoms with van der Waals surface area (Å²) >= 11 is 0. The number of aromatic amines is 1. The van der Waals surface area contributed by atoms with E-state index >= 15 is 0 Å². The summed E-state index contributed by atoms with van der Waals surface area (Å²) in [6.07, 6.45) is -12.4. The van der Waals surface area contributed by atoms with Gasteiger partial charge in [-0.3, -0.25) is 33.0 Å². The lowest BCUT2D eigenvalue weighted by molar-refractivity contribution is -0.224. The number of nitrogens with one attached hydrogen (secondary N) is 3. The number of carbonyl (C=O) groups excluding carboxylic acids is 2. The molecule has 0 bridgehead atoms. The van der Waals surface area contributed by atoms with Crippen molar-refractivity contribution in [2.45, 2.75) is 69.0 Å². The van der Waals surface area contributed by atoms with Crippen LogP contribution in [0.5, 0.6) is 0 Å². The molecule has 0 radical (unpaired) electrons. The van der Waals surface area contributed by atoms with Crippen molar-refractivity contribution in [1.82, 2.24) is 38.6 Å². The Morgan fingerprint density at radius 3 is 2.02 bits per heavy atom. The number of aromatic nitrogens is 2. The Bertz CT molecular complexity index is 1440. The number of amides is 2. The van der Waals surface area contributed by atoms with Gasteiger partial charge < -0.3 is 68.8 Å². The van der Waals surface area contributed by atoms with Crippen LogP contribution in [0, 0.1) is 0 Å². The summed E-state index contributed by atoms with van der Waals surface area (Å²) in [5.74, 6) is -3.50. The van der Waals surface area contributed by atoms with E-state index in [1.54, 1.807) is 0 Å². The van der Waals surface area contributed by atoms with Crippen molar-refractivity contribution in [3.8, 4) is 0 Å². The Hall–Kier alpha value is -2.97. The van der Waals surface area contributed by atoms with Gasteiger partial charge in [-0.2, -0.15) is 4.31 Å². The minimum Gasteiger partial charge on any atom is -0.479 e. The molecule has 1 aromatic heterocycles. The van der Waals surface area contributed by atoms with Crippen molar-refractivity contribution in [1.29, 1.82) is 0 Å². The van der Waals surface area contributed by atoms with Crippen molar-refractivity contribution in [3.63, 3.8) is 0 Å². The third-order valence-corrected chi connectivity index (χ3v) is 8.53. The standard InChI is InChI=1S/C19H28N4O18P2.3H3N/c1-6(24)20-10-11(21-7(2)25)18(39-15(13(10)28)17(30)31)40-43(35,36)41-42(33,34)37-5-8-12(27)14(29)16(38-8)23-4-3-9(26)22-19(23)32;;;/h3-4,8,10-16,18,27-29H,5H2,1-2H3,(H,20,24)(H,21,25)(H,30,31)(H,33,34)(H,35,36)(H,22,26,32);3*1H3/t8-,10-,11-,12-,13+,14-,15+,16-,18-;;;/m1.../s1. The number of carboxylic acid groups (broad SMARTS) is 1. The Morgan fingerprint density at radius 2 is 1.50 bits per heavy atom. The van der Waals surface area contributed by atoms with Crippen molar-refractivity contribution >= 4 is 33.4 Å². The Labute approximate surface area is 257 Å². The number of hydrogen-bond acceptors (Lipinski definition) is 18. The highest BCUT2D eigenvalue weighted by molar-refractivity contribution is 7.61. The molecule has 266 valence electrons. The normalized spacial score (nSPS) is 31.4. The fourth-order valence-electron chi connectivity index (χ4n) is 4.17. The molecular formula is C19H37N7O18P2. The quantitative estimate of drug-likeness (QED) is 0.0974. The SMILES string of the molecule is CC(=O)N[C@H]1[C@@H](OP(=O)(O)OP(=O)(O)OC[C@H]2O[C@@H](n3ccc(=O)[nH]c3=O)[C@H](O)[C@@H]2O)O[C@H](C(=O)O)[C@@H](O)[C@@H]1NC(C)=O.N.N.N. The molecule has 1 aromatic rings. The third-order valence-electron chi connectivity index (χ3n) is 5.93. The number of carbonyl (C=O) groups is 3. The van der Waals surface area contributed by atoms with Crippen molar-refractivity contribution in [2.75, 3.05) is 6.61 Å². The second kappa shape index (κ2) is 16.7. The van der Waals surface area contributed by atoms with Crippen LogP contribution in [0.4, 0.5) is 0 Å². The fourth-order valence-corrected chi connectivity index (χ4v) is 6.34. The van der Waals surface area contributed by atoms with Crippen LogP contribution in [0.25, 0.3) is 0 Å². The van der Waals surface area contributed by atoms with Crippen LogP contribution in [-0.4, -0.2) is 113 Å². The van der Waals surface area contributed by atoms with Crippen LogP contribution < -0.4 is 40.3 Å². The molecule has 27 heteroatoms. The number of aliphatic hydroxyl groups is 3. The molecule has 2 aliphatic heterocycles. The molecule has 2 amide bonds. The number of nitrogens with zero attached hydrogens (tertiary/aromatic N) is 1. The van der Waals surface area contributed by atoms with E-state index in [9.17, 15) is 63.3 Å². The number of ether oxygens (including phenoxy) is 2. The van der Waals surface area contributed by atoms with Crippen molar-refractivity contribution in [3.05, 3.63) is 33.1 Å². The largest absolute Gasteiger partial charge is 0.483 e. The molecule has 11 atom stereocenters. The lowest BCUT2D eigenvalue weighted by Crippen LogP contribution is -2.69. The van der Waals surface area contributed by atoms with Crippen LogP contribution in [-0.2, 0) is 46.3 Å². The highest BCUT2D eigenvalue weighted by Crippen LogP contribution is 2.61. The maximum absolute atomic E-state index is 12.7. The number of phosphoric ester groups is 2. The van der Waals surface area contributed by atoms with E-state index < -0.39 is 106 Å². The summed E-state index contributed by atoms with van der Waals surface area (Å²) in [4.78, 5) is 80.3. The van der Waals surface area contributed by atoms with Gasteiger partial charge in [0.2, 0.25) is 11.8 Å². The second-order valence-corrected chi connectivity index (χ2v) is 12.2. The molecule has 2 unspecified atom stereocenters. The predicted octanol–water partition coefficient (Wildman–Crippen LogP) is -3.93. The highest BCUT2D eigenvalue weighted by Gasteiger charge is 2.53. The van der Waals surface area contributed by atoms with Gasteiger partial charge in [-0.1, -0.05) is 0 Å². The Morgan fingerprint density at radius 1 is 0.935 bits per heavy atom. The molecule has 0 aliphatic carbocycles. The molecule has 0 saturated carbocycles.